The number of hydrogen-bond acceptors (Lipinski definition) is 6. The monoisotopic (exact) mass is 419 g/mol. The second kappa shape index (κ2) is 8.79. The Bertz CT molecular complexity index is 856. The number of carbonyl (C=O) groups is 1. The van der Waals surface area contributed by atoms with Gasteiger partial charge in [0.2, 0.25) is 0 Å². The molecule has 0 spiro atoms. The van der Waals surface area contributed by atoms with E-state index in [1.807, 2.05) is 26.0 Å². The van der Waals surface area contributed by atoms with Gasteiger partial charge < -0.3 is 24.6 Å². The maximum atomic E-state index is 12.1. The molecule has 1 N–H and O–H groups in total. The lowest BCUT2D eigenvalue weighted by Crippen LogP contribution is -2.50. The summed E-state index contributed by atoms with van der Waals surface area (Å²) >= 11 is 7.14. The topological polar surface area (TPSA) is 54.0 Å². The van der Waals surface area contributed by atoms with Crippen LogP contribution in [0.5, 0.6) is 5.75 Å². The molecule has 0 unspecified atom stereocenters. The third kappa shape index (κ3) is 4.23. The van der Waals surface area contributed by atoms with Crippen molar-refractivity contribution in [3.05, 3.63) is 40.3 Å². The molecule has 1 aromatic heterocycles. The van der Waals surface area contributed by atoms with E-state index < -0.39 is 0 Å². The third-order valence-electron chi connectivity index (χ3n) is 5.00. The fourth-order valence-corrected chi connectivity index (χ4v) is 4.60. The minimum Gasteiger partial charge on any atom is -0.497 e. The predicted molar refractivity (Wildman–Crippen MR) is 118 cm³/mol. The summed E-state index contributed by atoms with van der Waals surface area (Å²) in [4.78, 5) is 17.7. The first kappa shape index (κ1) is 20.4. The molecule has 2 aromatic rings. The van der Waals surface area contributed by atoms with Crippen molar-refractivity contribution < 1.29 is 14.3 Å². The molecule has 1 aliphatic heterocycles. The number of thiophene rings is 1. The summed E-state index contributed by atoms with van der Waals surface area (Å²) in [5, 5.41) is 4.66. The zero-order valence-electron chi connectivity index (χ0n) is 16.6. The Morgan fingerprint density at radius 1 is 1.11 bits per heavy atom. The summed E-state index contributed by atoms with van der Waals surface area (Å²) in [5.41, 5.74) is 2.69. The lowest BCUT2D eigenvalue weighted by molar-refractivity contribution is 0.0601. The van der Waals surface area contributed by atoms with Gasteiger partial charge in [-0.1, -0.05) is 0 Å². The van der Waals surface area contributed by atoms with Crippen molar-refractivity contribution in [1.82, 2.24) is 4.90 Å². The number of methoxy groups -OCH3 is 2. The number of nitrogens with one attached hydrogen (secondary N) is 1. The van der Waals surface area contributed by atoms with Gasteiger partial charge in [-0.3, -0.25) is 0 Å². The number of piperazine rings is 1. The number of nitrogens with zero attached hydrogens (tertiary/aromatic N) is 2. The molecular formula is C20H25N3O3S2. The van der Waals surface area contributed by atoms with Gasteiger partial charge in [0.1, 0.15) is 10.8 Å². The number of esters is 1. The fraction of sp³-hybridized carbons (Fsp3) is 0.400. The molecule has 150 valence electrons. The highest BCUT2D eigenvalue weighted by Crippen LogP contribution is 2.33. The summed E-state index contributed by atoms with van der Waals surface area (Å²) in [6, 6.07) is 8.10. The molecule has 6 nitrogen and oxygen atoms in total. The number of hydrogen-bond donors (Lipinski definition) is 1. The van der Waals surface area contributed by atoms with Crippen LogP contribution in [-0.4, -0.2) is 56.4 Å². The van der Waals surface area contributed by atoms with Gasteiger partial charge in [-0.2, -0.15) is 0 Å². The van der Waals surface area contributed by atoms with E-state index in [4.69, 9.17) is 21.7 Å². The van der Waals surface area contributed by atoms with E-state index in [1.165, 1.54) is 24.1 Å². The van der Waals surface area contributed by atoms with Crippen LogP contribution >= 0.6 is 23.6 Å². The first-order valence-electron chi connectivity index (χ1n) is 9.07. The van der Waals surface area contributed by atoms with Crippen LogP contribution in [0, 0.1) is 13.8 Å². The average Bonchev–Trinajstić information content (AvgIpc) is 3.00. The normalized spacial score (nSPS) is 14.0. The first-order chi connectivity index (χ1) is 13.4. The minimum absolute atomic E-state index is 0.337. The molecule has 0 amide bonds. The Kier molecular flexibility index (Phi) is 6.41. The fourth-order valence-electron chi connectivity index (χ4n) is 3.20. The molecule has 0 saturated carbocycles. The summed E-state index contributed by atoms with van der Waals surface area (Å²) < 4.78 is 10.2. The highest BCUT2D eigenvalue weighted by Gasteiger charge is 2.24. The molecule has 0 bridgehead atoms. The van der Waals surface area contributed by atoms with Crippen LogP contribution in [0.3, 0.4) is 0 Å². The van der Waals surface area contributed by atoms with Gasteiger partial charge in [0.05, 0.1) is 19.8 Å². The molecule has 1 saturated heterocycles. The molecule has 8 heteroatoms. The predicted octanol–water partition coefficient (Wildman–Crippen LogP) is 3.68. The van der Waals surface area contributed by atoms with Crippen molar-refractivity contribution in [2.24, 2.45) is 0 Å². The van der Waals surface area contributed by atoms with Gasteiger partial charge in [0.15, 0.2) is 5.11 Å². The van der Waals surface area contributed by atoms with E-state index in [0.29, 0.717) is 10.7 Å². The summed E-state index contributed by atoms with van der Waals surface area (Å²) in [6.07, 6.45) is 0. The summed E-state index contributed by atoms with van der Waals surface area (Å²) in [5.74, 6) is 0.521. The Hall–Kier alpha value is -2.32. The maximum Gasteiger partial charge on any atom is 0.341 e. The molecule has 3 rings (SSSR count). The van der Waals surface area contributed by atoms with Crippen molar-refractivity contribution in [2.75, 3.05) is 50.6 Å². The van der Waals surface area contributed by atoms with E-state index in [1.54, 1.807) is 7.11 Å². The molecule has 28 heavy (non-hydrogen) atoms. The van der Waals surface area contributed by atoms with E-state index in [9.17, 15) is 4.79 Å². The lowest BCUT2D eigenvalue weighted by atomic mass is 10.1. The Morgan fingerprint density at radius 2 is 1.75 bits per heavy atom. The van der Waals surface area contributed by atoms with Crippen LogP contribution in [0.1, 0.15) is 20.8 Å². The molecule has 0 atom stereocenters. The van der Waals surface area contributed by atoms with E-state index in [0.717, 1.165) is 47.4 Å². The van der Waals surface area contributed by atoms with Gasteiger partial charge in [0, 0.05) is 36.7 Å². The Balaban J connectivity index is 1.63. The SMILES string of the molecule is COC(=O)c1c(NC(=S)N2CCN(c3ccc(OC)cc3)CC2)sc(C)c1C. The van der Waals surface area contributed by atoms with E-state index in [2.05, 4.69) is 27.2 Å². The van der Waals surface area contributed by atoms with Gasteiger partial charge in [-0.15, -0.1) is 11.3 Å². The van der Waals surface area contributed by atoms with Crippen molar-refractivity contribution >= 4 is 45.3 Å². The number of benzene rings is 1. The van der Waals surface area contributed by atoms with Crippen molar-refractivity contribution in [2.45, 2.75) is 13.8 Å². The van der Waals surface area contributed by atoms with Crippen molar-refractivity contribution in [3.63, 3.8) is 0 Å². The van der Waals surface area contributed by atoms with Crippen molar-refractivity contribution in [1.29, 1.82) is 0 Å². The van der Waals surface area contributed by atoms with E-state index >= 15 is 0 Å². The quantitative estimate of drug-likeness (QED) is 0.599. The molecule has 1 aliphatic rings. The smallest absolute Gasteiger partial charge is 0.341 e. The first-order valence-corrected chi connectivity index (χ1v) is 10.3. The molecule has 2 heterocycles. The Labute approximate surface area is 175 Å². The molecule has 1 fully saturated rings. The molecule has 0 radical (unpaired) electrons. The van der Waals surface area contributed by atoms with Crippen LogP contribution in [0.25, 0.3) is 0 Å². The number of aryl methyl sites for hydroxylation is 1. The van der Waals surface area contributed by atoms with Gasteiger partial charge in [-0.05, 0) is 55.9 Å². The molecular weight excluding hydrogens is 394 g/mol. The van der Waals surface area contributed by atoms with Crippen LogP contribution in [0.2, 0.25) is 0 Å². The number of carbonyl (C=O) groups excluding carboxylic acids is 1. The average molecular weight is 420 g/mol. The minimum atomic E-state index is -0.337. The standard InChI is InChI=1S/C20H25N3O3S2/c1-13-14(2)28-18(17(13)19(24)26-4)21-20(27)23-11-9-22(10-12-23)15-5-7-16(25-3)8-6-15/h5-8H,9-12H2,1-4H3,(H,21,27). The second-order valence-corrected chi connectivity index (χ2v) is 8.19. The van der Waals surface area contributed by atoms with Gasteiger partial charge in [-0.25, -0.2) is 4.79 Å². The summed E-state index contributed by atoms with van der Waals surface area (Å²) in [6.45, 7) is 7.30. The van der Waals surface area contributed by atoms with Crippen molar-refractivity contribution in [3.8, 4) is 5.75 Å². The number of thiocarbonyl (C=S) groups is 1. The second-order valence-electron chi connectivity index (χ2n) is 6.58. The van der Waals surface area contributed by atoms with E-state index in [-0.39, 0.29) is 5.97 Å². The third-order valence-corrected chi connectivity index (χ3v) is 6.48. The van der Waals surface area contributed by atoms with Crippen LogP contribution in [-0.2, 0) is 4.74 Å². The molecule has 0 aliphatic carbocycles. The Morgan fingerprint density at radius 3 is 2.32 bits per heavy atom. The maximum absolute atomic E-state index is 12.1. The lowest BCUT2D eigenvalue weighted by Gasteiger charge is -2.37. The number of anilines is 2. The van der Waals surface area contributed by atoms with Crippen LogP contribution in [0.15, 0.2) is 24.3 Å². The van der Waals surface area contributed by atoms with Gasteiger partial charge in [0.25, 0.3) is 0 Å². The van der Waals surface area contributed by atoms with Crippen LogP contribution < -0.4 is 15.0 Å². The zero-order valence-corrected chi connectivity index (χ0v) is 18.2. The van der Waals surface area contributed by atoms with Crippen LogP contribution in [0.4, 0.5) is 10.7 Å². The van der Waals surface area contributed by atoms with Gasteiger partial charge >= 0.3 is 5.97 Å². The highest BCUT2D eigenvalue weighted by atomic mass is 32.1. The largest absolute Gasteiger partial charge is 0.497 e. The summed E-state index contributed by atoms with van der Waals surface area (Å²) in [7, 11) is 3.07. The number of ether oxygens (including phenoxy) is 2. The zero-order chi connectivity index (χ0) is 20.3. The number of rotatable bonds is 4. The molecule has 1 aromatic carbocycles. The highest BCUT2D eigenvalue weighted by molar-refractivity contribution is 7.80.